The lowest BCUT2D eigenvalue weighted by Crippen LogP contribution is -2.19. The van der Waals surface area contributed by atoms with E-state index in [-0.39, 0.29) is 9.62 Å². The first-order valence-electron chi connectivity index (χ1n) is 6.38. The summed E-state index contributed by atoms with van der Waals surface area (Å²) >= 11 is 6.96. The van der Waals surface area contributed by atoms with Gasteiger partial charge >= 0.3 is 0 Å². The number of nitrogens with zero attached hydrogens (tertiary/aromatic N) is 1. The molecular formula is C13H14ClN3O2S2. The van der Waals surface area contributed by atoms with E-state index < -0.39 is 10.0 Å². The third kappa shape index (κ3) is 3.21. The summed E-state index contributed by atoms with van der Waals surface area (Å²) in [6.45, 7) is 0.714. The minimum absolute atomic E-state index is 0.0707. The molecule has 2 aromatic rings. The summed E-state index contributed by atoms with van der Waals surface area (Å²) in [5.41, 5.74) is 1.33. The van der Waals surface area contributed by atoms with Crippen LogP contribution in [0.3, 0.4) is 0 Å². The maximum Gasteiger partial charge on any atom is 0.249 e. The van der Waals surface area contributed by atoms with Crippen molar-refractivity contribution in [2.45, 2.75) is 22.5 Å². The summed E-state index contributed by atoms with van der Waals surface area (Å²) in [6.07, 6.45) is 3.47. The number of benzene rings is 1. The molecule has 0 saturated heterocycles. The van der Waals surface area contributed by atoms with Crippen LogP contribution in [-0.4, -0.2) is 19.9 Å². The number of aromatic nitrogens is 1. The van der Waals surface area contributed by atoms with Gasteiger partial charge < -0.3 is 5.32 Å². The van der Waals surface area contributed by atoms with Crippen LogP contribution in [0.25, 0.3) is 0 Å². The number of halogens is 1. The number of anilines is 1. The van der Waals surface area contributed by atoms with Gasteiger partial charge in [0.15, 0.2) is 9.34 Å². The van der Waals surface area contributed by atoms with Crippen LogP contribution in [0.5, 0.6) is 0 Å². The monoisotopic (exact) mass is 343 g/mol. The van der Waals surface area contributed by atoms with Gasteiger partial charge in [-0.15, -0.1) is 0 Å². The maximum atomic E-state index is 11.2. The highest BCUT2D eigenvalue weighted by Gasteiger charge is 2.44. The minimum atomic E-state index is -3.68. The van der Waals surface area contributed by atoms with Crippen LogP contribution in [-0.2, 0) is 15.4 Å². The second-order valence-corrected chi connectivity index (χ2v) is 8.43. The third-order valence-electron chi connectivity index (χ3n) is 3.65. The lowest BCUT2D eigenvalue weighted by atomic mass is 9.96. The molecule has 3 N–H and O–H groups in total. The molecule has 0 bridgehead atoms. The molecule has 0 aliphatic heterocycles. The predicted molar refractivity (Wildman–Crippen MR) is 84.3 cm³/mol. The van der Waals surface area contributed by atoms with Crippen molar-refractivity contribution in [3.05, 3.63) is 41.0 Å². The summed E-state index contributed by atoms with van der Waals surface area (Å²) in [7, 11) is -3.68. The molecule has 1 saturated carbocycles. The Labute approximate surface area is 132 Å². The highest BCUT2D eigenvalue weighted by atomic mass is 35.5. The van der Waals surface area contributed by atoms with Crippen LogP contribution in [0.2, 0.25) is 5.02 Å². The number of sulfonamides is 1. The van der Waals surface area contributed by atoms with E-state index >= 15 is 0 Å². The molecule has 0 radical (unpaired) electrons. The van der Waals surface area contributed by atoms with Crippen molar-refractivity contribution in [3.8, 4) is 0 Å². The summed E-state index contributed by atoms with van der Waals surface area (Å²) < 4.78 is 22.5. The number of thiazole rings is 1. The topological polar surface area (TPSA) is 85.1 Å². The summed E-state index contributed by atoms with van der Waals surface area (Å²) in [5.74, 6) is 0. The lowest BCUT2D eigenvalue weighted by molar-refractivity contribution is 0.599. The minimum Gasteiger partial charge on any atom is -0.361 e. The molecule has 0 amide bonds. The highest BCUT2D eigenvalue weighted by molar-refractivity contribution is 7.91. The van der Waals surface area contributed by atoms with Crippen molar-refractivity contribution in [1.82, 2.24) is 4.98 Å². The Kier molecular flexibility index (Phi) is 3.69. The van der Waals surface area contributed by atoms with Crippen molar-refractivity contribution in [1.29, 1.82) is 0 Å². The van der Waals surface area contributed by atoms with Gasteiger partial charge in [-0.25, -0.2) is 18.5 Å². The molecule has 0 atom stereocenters. The van der Waals surface area contributed by atoms with Crippen LogP contribution in [0.15, 0.2) is 34.7 Å². The molecule has 0 spiro atoms. The smallest absolute Gasteiger partial charge is 0.249 e. The first kappa shape index (κ1) is 14.8. The average molecular weight is 344 g/mol. The number of primary sulfonamides is 1. The summed E-state index contributed by atoms with van der Waals surface area (Å²) in [6, 6.07) is 7.85. The Morgan fingerprint density at radius 1 is 1.33 bits per heavy atom. The number of nitrogens with two attached hydrogens (primary N) is 1. The molecule has 1 aliphatic carbocycles. The number of hydrogen-bond acceptors (Lipinski definition) is 5. The number of nitrogens with one attached hydrogen (secondary N) is 1. The van der Waals surface area contributed by atoms with Gasteiger partial charge in [0, 0.05) is 17.0 Å². The van der Waals surface area contributed by atoms with Crippen molar-refractivity contribution in [2.24, 2.45) is 5.14 Å². The molecule has 1 aromatic carbocycles. The van der Waals surface area contributed by atoms with Gasteiger partial charge in [0.2, 0.25) is 10.0 Å². The maximum absolute atomic E-state index is 11.2. The van der Waals surface area contributed by atoms with Crippen LogP contribution < -0.4 is 10.5 Å². The Hall–Kier alpha value is -1.15. The fourth-order valence-electron chi connectivity index (χ4n) is 2.24. The van der Waals surface area contributed by atoms with E-state index in [9.17, 15) is 8.42 Å². The molecule has 112 valence electrons. The van der Waals surface area contributed by atoms with Crippen molar-refractivity contribution < 1.29 is 8.42 Å². The van der Waals surface area contributed by atoms with E-state index in [4.69, 9.17) is 16.7 Å². The van der Waals surface area contributed by atoms with Crippen molar-refractivity contribution in [2.75, 3.05) is 11.9 Å². The van der Waals surface area contributed by atoms with Gasteiger partial charge in [0.25, 0.3) is 0 Å². The van der Waals surface area contributed by atoms with Gasteiger partial charge in [-0.2, -0.15) is 0 Å². The molecule has 5 nitrogen and oxygen atoms in total. The van der Waals surface area contributed by atoms with E-state index in [1.807, 2.05) is 24.3 Å². The largest absolute Gasteiger partial charge is 0.361 e. The highest BCUT2D eigenvalue weighted by Crippen LogP contribution is 2.48. The molecule has 1 aliphatic rings. The fourth-order valence-corrected chi connectivity index (χ4v) is 3.81. The summed E-state index contributed by atoms with van der Waals surface area (Å²) in [5, 5.41) is 9.57. The SMILES string of the molecule is NS(=O)(=O)c1cnc(NCC2(c3ccc(Cl)cc3)CC2)s1. The van der Waals surface area contributed by atoms with Crippen LogP contribution in [0, 0.1) is 0 Å². The van der Waals surface area contributed by atoms with Gasteiger partial charge in [-0.05, 0) is 30.5 Å². The normalized spacial score (nSPS) is 16.7. The molecular weight excluding hydrogens is 330 g/mol. The van der Waals surface area contributed by atoms with E-state index in [1.54, 1.807) is 0 Å². The molecule has 1 aromatic heterocycles. The molecule has 21 heavy (non-hydrogen) atoms. The predicted octanol–water partition coefficient (Wildman–Crippen LogP) is 2.59. The molecule has 0 unspecified atom stereocenters. The Morgan fingerprint density at radius 2 is 2.00 bits per heavy atom. The Morgan fingerprint density at radius 3 is 2.52 bits per heavy atom. The van der Waals surface area contributed by atoms with E-state index in [0.29, 0.717) is 11.7 Å². The van der Waals surface area contributed by atoms with E-state index in [0.717, 1.165) is 29.2 Å². The zero-order valence-corrected chi connectivity index (χ0v) is 13.4. The third-order valence-corrected chi connectivity index (χ3v) is 6.27. The van der Waals surface area contributed by atoms with Crippen LogP contribution >= 0.6 is 22.9 Å². The molecule has 1 fully saturated rings. The lowest BCUT2D eigenvalue weighted by Gasteiger charge is -2.16. The van der Waals surface area contributed by atoms with Crippen LogP contribution in [0.4, 0.5) is 5.13 Å². The first-order valence-corrected chi connectivity index (χ1v) is 9.12. The zero-order valence-electron chi connectivity index (χ0n) is 11.0. The van der Waals surface area contributed by atoms with Gasteiger partial charge in [-0.3, -0.25) is 0 Å². The summed E-state index contributed by atoms with van der Waals surface area (Å²) in [4.78, 5) is 4.05. The molecule has 3 rings (SSSR count). The molecule has 8 heteroatoms. The van der Waals surface area contributed by atoms with Gasteiger partial charge in [0.05, 0.1) is 6.20 Å². The Balaban J connectivity index is 1.70. The second-order valence-electron chi connectivity index (χ2n) is 5.17. The quantitative estimate of drug-likeness (QED) is 0.873. The van der Waals surface area contributed by atoms with Crippen molar-refractivity contribution >= 4 is 38.1 Å². The van der Waals surface area contributed by atoms with E-state index in [2.05, 4.69) is 10.3 Å². The van der Waals surface area contributed by atoms with Crippen LogP contribution in [0.1, 0.15) is 18.4 Å². The number of rotatable bonds is 5. The van der Waals surface area contributed by atoms with Gasteiger partial charge in [0.1, 0.15) is 0 Å². The molecule has 1 heterocycles. The number of hydrogen-bond donors (Lipinski definition) is 2. The Bertz CT molecular complexity index is 752. The fraction of sp³-hybridized carbons (Fsp3) is 0.308. The van der Waals surface area contributed by atoms with E-state index in [1.165, 1.54) is 11.8 Å². The van der Waals surface area contributed by atoms with Crippen molar-refractivity contribution in [3.63, 3.8) is 0 Å². The average Bonchev–Trinajstić information content (AvgIpc) is 3.05. The standard InChI is InChI=1S/C13H14ClN3O2S2/c14-10-3-1-9(2-4-10)13(5-6-13)8-17-12-16-7-11(20-12)21(15,18)19/h1-4,7H,5-6,8H2,(H,16,17)(H2,15,18,19). The van der Waals surface area contributed by atoms with Gasteiger partial charge in [-0.1, -0.05) is 35.1 Å². The first-order chi connectivity index (χ1) is 9.89. The zero-order chi connectivity index (χ0) is 15.1. The second kappa shape index (κ2) is 5.24.